The average molecular weight is 970 g/mol. The molecule has 0 aliphatic heterocycles. The summed E-state index contributed by atoms with van der Waals surface area (Å²) in [5, 5.41) is 0. The van der Waals surface area contributed by atoms with Gasteiger partial charge in [0, 0.05) is 14.4 Å². The van der Waals surface area contributed by atoms with Crippen molar-refractivity contribution in [2.24, 2.45) is 0 Å². The Hall–Kier alpha value is -1.70. The van der Waals surface area contributed by atoms with Gasteiger partial charge in [-0.05, 0) is 148 Å². The molecule has 0 aromatic heterocycles. The van der Waals surface area contributed by atoms with E-state index in [2.05, 4.69) is 109 Å². The van der Waals surface area contributed by atoms with Crippen molar-refractivity contribution in [3.05, 3.63) is 111 Å². The minimum absolute atomic E-state index is 0.247. The Morgan fingerprint density at radius 1 is 0.558 bits per heavy atom. The van der Waals surface area contributed by atoms with Gasteiger partial charge in [-0.3, -0.25) is 0 Å². The van der Waals surface area contributed by atoms with Gasteiger partial charge in [0.15, 0.2) is 24.7 Å². The summed E-state index contributed by atoms with van der Waals surface area (Å²) in [5.41, 5.74) is 1.36. The fraction of sp³-hybridized carbons (Fsp3) is 0.161. The molecule has 6 nitrogen and oxygen atoms in total. The number of carbonyl (C=O) groups excluding carboxylic acids is 2. The number of halogens is 6. The molecule has 224 valence electrons. The summed E-state index contributed by atoms with van der Waals surface area (Å²) in [6.07, 6.45) is 0. The van der Waals surface area contributed by atoms with Gasteiger partial charge in [0.05, 0.1) is 17.9 Å². The molecule has 0 N–H and O–H groups in total. The predicted octanol–water partition coefficient (Wildman–Crippen LogP) is 10.6. The Bertz CT molecular complexity index is 1470. The zero-order valence-corrected chi connectivity index (χ0v) is 32.1. The lowest BCUT2D eigenvalue weighted by atomic mass is 9.78. The van der Waals surface area contributed by atoms with Crippen molar-refractivity contribution in [1.82, 2.24) is 0 Å². The SMILES string of the molecule is CC(C)(c1cc(Br)c(OC(=O)COc2ccc(Br)cc2)c(Br)c1)c1cc(Br)c(OC(=O)COc2ccc(Br)cc2)c(Br)c1. The lowest BCUT2D eigenvalue weighted by Crippen LogP contribution is -2.21. The summed E-state index contributed by atoms with van der Waals surface area (Å²) in [4.78, 5) is 25.0. The molecule has 0 atom stereocenters. The second kappa shape index (κ2) is 15.1. The van der Waals surface area contributed by atoms with Crippen LogP contribution in [0.15, 0.2) is 99.6 Å². The fourth-order valence-corrected chi connectivity index (χ4v) is 7.06. The highest BCUT2D eigenvalue weighted by Gasteiger charge is 2.28. The van der Waals surface area contributed by atoms with Gasteiger partial charge in [-0.25, -0.2) is 9.59 Å². The van der Waals surface area contributed by atoms with Gasteiger partial charge in [0.2, 0.25) is 0 Å². The second-order valence-electron chi connectivity index (χ2n) is 9.60. The molecule has 0 radical (unpaired) electrons. The summed E-state index contributed by atoms with van der Waals surface area (Å²) in [7, 11) is 0. The van der Waals surface area contributed by atoms with Crippen molar-refractivity contribution < 1.29 is 28.5 Å². The Morgan fingerprint density at radius 3 is 1.16 bits per heavy atom. The number of ether oxygens (including phenoxy) is 4. The minimum atomic E-state index is -0.545. The summed E-state index contributed by atoms with van der Waals surface area (Å²) in [6, 6.07) is 21.9. The van der Waals surface area contributed by atoms with Crippen LogP contribution in [0.4, 0.5) is 0 Å². The molecule has 4 aromatic carbocycles. The number of hydrogen-bond acceptors (Lipinski definition) is 6. The highest BCUT2D eigenvalue weighted by molar-refractivity contribution is 9.11. The van der Waals surface area contributed by atoms with Crippen LogP contribution in [0.25, 0.3) is 0 Å². The Kier molecular flexibility index (Phi) is 12.0. The highest BCUT2D eigenvalue weighted by atomic mass is 79.9. The largest absolute Gasteiger partial charge is 0.482 e. The van der Waals surface area contributed by atoms with Gasteiger partial charge in [-0.2, -0.15) is 0 Å². The van der Waals surface area contributed by atoms with E-state index in [0.717, 1.165) is 20.1 Å². The van der Waals surface area contributed by atoms with Gasteiger partial charge >= 0.3 is 11.9 Å². The standard InChI is InChI=1S/C31H22Br6O6/c1-31(2,17-11-23(34)29(24(35)12-17)42-27(38)15-40-21-7-3-19(32)4-8-21)18-13-25(36)30(26(37)14-18)43-28(39)16-41-22-9-5-20(33)6-10-22/h3-14H,15-16H2,1-2H3. The van der Waals surface area contributed by atoms with Crippen LogP contribution >= 0.6 is 95.6 Å². The lowest BCUT2D eigenvalue weighted by Gasteiger charge is -2.28. The maximum Gasteiger partial charge on any atom is 0.349 e. The van der Waals surface area contributed by atoms with Crippen molar-refractivity contribution in [3.8, 4) is 23.0 Å². The van der Waals surface area contributed by atoms with Crippen LogP contribution in [0.3, 0.4) is 0 Å². The van der Waals surface area contributed by atoms with E-state index in [1.807, 2.05) is 48.5 Å². The van der Waals surface area contributed by atoms with Crippen molar-refractivity contribution in [1.29, 1.82) is 0 Å². The number of hydrogen-bond donors (Lipinski definition) is 0. The van der Waals surface area contributed by atoms with Gasteiger partial charge in [0.25, 0.3) is 0 Å². The van der Waals surface area contributed by atoms with Crippen LogP contribution in [0.5, 0.6) is 23.0 Å². The smallest absolute Gasteiger partial charge is 0.349 e. The quantitative estimate of drug-likeness (QED) is 0.116. The number of rotatable bonds is 10. The van der Waals surface area contributed by atoms with Gasteiger partial charge < -0.3 is 18.9 Å². The van der Waals surface area contributed by atoms with E-state index in [-0.39, 0.29) is 13.2 Å². The molecule has 0 amide bonds. The Morgan fingerprint density at radius 2 is 0.860 bits per heavy atom. The molecule has 0 saturated heterocycles. The average Bonchev–Trinajstić information content (AvgIpc) is 2.96. The van der Waals surface area contributed by atoms with E-state index in [0.29, 0.717) is 40.9 Å². The van der Waals surface area contributed by atoms with Crippen LogP contribution in [0.2, 0.25) is 0 Å². The summed E-state index contributed by atoms with van der Waals surface area (Å²) in [6.45, 7) is 3.63. The van der Waals surface area contributed by atoms with Crippen LogP contribution < -0.4 is 18.9 Å². The van der Waals surface area contributed by atoms with Crippen LogP contribution in [-0.4, -0.2) is 25.2 Å². The monoisotopic (exact) mass is 964 g/mol. The molecule has 0 bridgehead atoms. The van der Waals surface area contributed by atoms with E-state index in [1.165, 1.54) is 0 Å². The van der Waals surface area contributed by atoms with Gasteiger partial charge in [-0.1, -0.05) is 45.7 Å². The van der Waals surface area contributed by atoms with Crippen molar-refractivity contribution >= 4 is 108 Å². The Balaban J connectivity index is 1.45. The summed E-state index contributed by atoms with van der Waals surface area (Å²) in [5.74, 6) is 0.719. The molecule has 4 aromatic rings. The van der Waals surface area contributed by atoms with Crippen molar-refractivity contribution in [3.63, 3.8) is 0 Å². The first-order valence-electron chi connectivity index (χ1n) is 12.5. The first-order valence-corrected chi connectivity index (χ1v) is 17.3. The summed E-state index contributed by atoms with van der Waals surface area (Å²) < 4.78 is 26.5. The molecule has 4 rings (SSSR count). The first kappa shape index (κ1) is 34.2. The van der Waals surface area contributed by atoms with E-state index < -0.39 is 17.4 Å². The van der Waals surface area contributed by atoms with E-state index in [1.54, 1.807) is 24.3 Å². The highest BCUT2D eigenvalue weighted by Crippen LogP contribution is 2.44. The van der Waals surface area contributed by atoms with Crippen LogP contribution in [-0.2, 0) is 15.0 Å². The van der Waals surface area contributed by atoms with Crippen LogP contribution in [0, 0.1) is 0 Å². The third kappa shape index (κ3) is 9.17. The molecule has 0 heterocycles. The van der Waals surface area contributed by atoms with E-state index in [4.69, 9.17) is 18.9 Å². The molecule has 0 unspecified atom stereocenters. The van der Waals surface area contributed by atoms with Crippen LogP contribution in [0.1, 0.15) is 25.0 Å². The number of carbonyl (C=O) groups is 2. The normalized spacial score (nSPS) is 11.2. The molecule has 0 fully saturated rings. The van der Waals surface area contributed by atoms with Gasteiger partial charge in [-0.15, -0.1) is 0 Å². The molecular formula is C31H22Br6O6. The molecule has 12 heteroatoms. The van der Waals surface area contributed by atoms with Crippen molar-refractivity contribution in [2.45, 2.75) is 19.3 Å². The molecule has 0 spiro atoms. The van der Waals surface area contributed by atoms with E-state index >= 15 is 0 Å². The third-order valence-electron chi connectivity index (χ3n) is 6.21. The fourth-order valence-electron chi connectivity index (χ4n) is 3.84. The molecule has 0 aliphatic rings. The summed E-state index contributed by atoms with van der Waals surface area (Å²) >= 11 is 21.0. The lowest BCUT2D eigenvalue weighted by molar-refractivity contribution is -0.137. The number of esters is 2. The molecule has 43 heavy (non-hydrogen) atoms. The maximum atomic E-state index is 12.5. The minimum Gasteiger partial charge on any atom is -0.482 e. The number of benzene rings is 4. The topological polar surface area (TPSA) is 71.1 Å². The molecule has 0 saturated carbocycles. The second-order valence-corrected chi connectivity index (χ2v) is 14.8. The molecule has 0 aliphatic carbocycles. The van der Waals surface area contributed by atoms with Crippen molar-refractivity contribution in [2.75, 3.05) is 13.2 Å². The zero-order chi connectivity index (χ0) is 31.3. The zero-order valence-electron chi connectivity index (χ0n) is 22.6. The maximum absolute atomic E-state index is 12.5. The predicted molar refractivity (Wildman–Crippen MR) is 186 cm³/mol. The molecular weight excluding hydrogens is 948 g/mol. The first-order chi connectivity index (χ1) is 20.3. The van der Waals surface area contributed by atoms with E-state index in [9.17, 15) is 9.59 Å². The van der Waals surface area contributed by atoms with Gasteiger partial charge in [0.1, 0.15) is 11.5 Å². The third-order valence-corrected chi connectivity index (χ3v) is 9.63. The Labute approximate surface area is 299 Å².